The fraction of sp³-hybridized carbons (Fsp3) is 0.846. The number of ketones is 1. The van der Waals surface area contributed by atoms with Crippen LogP contribution in [0, 0.1) is 5.41 Å². The van der Waals surface area contributed by atoms with Crippen molar-refractivity contribution in [2.75, 3.05) is 0 Å². The molecule has 0 bridgehead atoms. The smallest absolute Gasteiger partial charge is 0.336 e. The predicted octanol–water partition coefficient (Wildman–Crippen LogP) is 2.63. The van der Waals surface area contributed by atoms with Crippen molar-refractivity contribution in [3.8, 4) is 0 Å². The largest absolute Gasteiger partial charge is 0.479 e. The number of aliphatic carboxylic acids is 1. The standard InChI is InChI=1S/C9H14O4.2C2H6/c1-8(2)4-3-6(10)5-9(8,13)7(11)12;2*1-2/h13H,3-5H2,1-2H3,(H,11,12);2*1-2H3. The molecule has 0 aromatic rings. The topological polar surface area (TPSA) is 74.6 Å². The Morgan fingerprint density at radius 1 is 1.18 bits per heavy atom. The van der Waals surface area contributed by atoms with Crippen LogP contribution in [0.4, 0.5) is 0 Å². The highest BCUT2D eigenvalue weighted by molar-refractivity contribution is 5.90. The molecule has 1 fully saturated rings. The quantitative estimate of drug-likeness (QED) is 0.746. The summed E-state index contributed by atoms with van der Waals surface area (Å²) < 4.78 is 0. The van der Waals surface area contributed by atoms with E-state index in [0.29, 0.717) is 12.8 Å². The van der Waals surface area contributed by atoms with Gasteiger partial charge in [0.2, 0.25) is 0 Å². The van der Waals surface area contributed by atoms with E-state index >= 15 is 0 Å². The number of aliphatic hydroxyl groups is 1. The molecule has 0 aromatic heterocycles. The van der Waals surface area contributed by atoms with Crippen molar-refractivity contribution >= 4 is 11.8 Å². The second-order valence-electron chi connectivity index (χ2n) is 4.26. The van der Waals surface area contributed by atoms with Gasteiger partial charge in [0.05, 0.1) is 0 Å². The Bertz CT molecular complexity index is 258. The van der Waals surface area contributed by atoms with E-state index in [1.54, 1.807) is 13.8 Å². The summed E-state index contributed by atoms with van der Waals surface area (Å²) in [6.07, 6.45) is 0.520. The Labute approximate surface area is 104 Å². The maximum Gasteiger partial charge on any atom is 0.336 e. The van der Waals surface area contributed by atoms with E-state index in [0.717, 1.165) is 0 Å². The third-order valence-corrected chi connectivity index (χ3v) is 2.96. The molecule has 0 aliphatic heterocycles. The summed E-state index contributed by atoms with van der Waals surface area (Å²) in [5.41, 5.74) is -2.62. The number of carbonyl (C=O) groups excluding carboxylic acids is 1. The maximum atomic E-state index is 11.0. The molecule has 0 heterocycles. The fourth-order valence-electron chi connectivity index (χ4n) is 1.64. The van der Waals surface area contributed by atoms with Crippen molar-refractivity contribution in [3.63, 3.8) is 0 Å². The number of carbonyl (C=O) groups is 2. The van der Waals surface area contributed by atoms with Gasteiger partial charge in [-0.1, -0.05) is 41.5 Å². The lowest BCUT2D eigenvalue weighted by Crippen LogP contribution is -2.55. The zero-order valence-corrected chi connectivity index (χ0v) is 11.8. The van der Waals surface area contributed by atoms with Crippen molar-refractivity contribution in [3.05, 3.63) is 0 Å². The van der Waals surface area contributed by atoms with Gasteiger partial charge in [-0.3, -0.25) is 4.79 Å². The minimum atomic E-state index is -1.89. The van der Waals surface area contributed by atoms with Crippen molar-refractivity contribution in [1.82, 2.24) is 0 Å². The van der Waals surface area contributed by atoms with Gasteiger partial charge < -0.3 is 10.2 Å². The van der Waals surface area contributed by atoms with Crippen LogP contribution in [0.1, 0.15) is 60.8 Å². The van der Waals surface area contributed by atoms with E-state index in [1.807, 2.05) is 27.7 Å². The number of carboxylic acid groups (broad SMARTS) is 1. The molecule has 0 aromatic carbocycles. The van der Waals surface area contributed by atoms with Gasteiger partial charge >= 0.3 is 5.97 Å². The number of rotatable bonds is 1. The van der Waals surface area contributed by atoms with Crippen molar-refractivity contribution < 1.29 is 19.8 Å². The highest BCUT2D eigenvalue weighted by Gasteiger charge is 2.53. The second kappa shape index (κ2) is 7.43. The minimum absolute atomic E-state index is 0.177. The molecule has 4 nitrogen and oxygen atoms in total. The number of Topliss-reactive ketones (excluding diaryl/α,β-unsaturated/α-hetero) is 1. The average Bonchev–Trinajstić information content (AvgIpc) is 2.30. The first-order valence-electron chi connectivity index (χ1n) is 6.27. The summed E-state index contributed by atoms with van der Waals surface area (Å²) >= 11 is 0. The molecule has 4 heteroatoms. The van der Waals surface area contributed by atoms with Gasteiger partial charge in [0.15, 0.2) is 5.60 Å². The van der Waals surface area contributed by atoms with E-state index < -0.39 is 17.0 Å². The van der Waals surface area contributed by atoms with E-state index in [-0.39, 0.29) is 12.2 Å². The van der Waals surface area contributed by atoms with Crippen LogP contribution in [0.25, 0.3) is 0 Å². The highest BCUT2D eigenvalue weighted by Crippen LogP contribution is 2.42. The molecule has 1 unspecified atom stereocenters. The third kappa shape index (κ3) is 4.11. The van der Waals surface area contributed by atoms with Crippen molar-refractivity contribution in [2.45, 2.75) is 66.4 Å². The molecule has 0 radical (unpaired) electrons. The first kappa shape index (κ1) is 18.5. The summed E-state index contributed by atoms with van der Waals surface area (Å²) in [7, 11) is 0. The lowest BCUT2D eigenvalue weighted by atomic mass is 9.65. The molecule has 1 rings (SSSR count). The normalized spacial score (nSPS) is 25.9. The van der Waals surface area contributed by atoms with Crippen LogP contribution in [0.5, 0.6) is 0 Å². The summed E-state index contributed by atoms with van der Waals surface area (Å²) in [6, 6.07) is 0. The van der Waals surface area contributed by atoms with Crippen molar-refractivity contribution in [1.29, 1.82) is 0 Å². The van der Waals surface area contributed by atoms with Gasteiger partial charge in [0, 0.05) is 18.3 Å². The molecule has 1 aliphatic carbocycles. The second-order valence-corrected chi connectivity index (χ2v) is 4.26. The van der Waals surface area contributed by atoms with E-state index in [9.17, 15) is 14.7 Å². The van der Waals surface area contributed by atoms with Gasteiger partial charge in [-0.2, -0.15) is 0 Å². The highest BCUT2D eigenvalue weighted by atomic mass is 16.4. The lowest BCUT2D eigenvalue weighted by molar-refractivity contribution is -0.181. The van der Waals surface area contributed by atoms with Crippen LogP contribution in [0.2, 0.25) is 0 Å². The average molecular weight is 246 g/mol. The van der Waals surface area contributed by atoms with Gasteiger partial charge in [-0.05, 0) is 6.42 Å². The number of hydrogen-bond donors (Lipinski definition) is 2. The van der Waals surface area contributed by atoms with Gasteiger partial charge in [-0.15, -0.1) is 0 Å². The zero-order chi connectivity index (χ0) is 14.3. The molecular formula is C13H26O4. The molecule has 17 heavy (non-hydrogen) atoms. The molecule has 0 spiro atoms. The maximum absolute atomic E-state index is 11.0. The molecule has 102 valence electrons. The van der Waals surface area contributed by atoms with Crippen LogP contribution in [-0.2, 0) is 9.59 Å². The van der Waals surface area contributed by atoms with Crippen molar-refractivity contribution in [2.24, 2.45) is 5.41 Å². The van der Waals surface area contributed by atoms with E-state index in [2.05, 4.69) is 0 Å². The van der Waals surface area contributed by atoms with Crippen LogP contribution in [0.15, 0.2) is 0 Å². The molecule has 0 amide bonds. The SMILES string of the molecule is CC.CC.CC1(C)CCC(=O)CC1(O)C(=O)O. The van der Waals surface area contributed by atoms with E-state index in [4.69, 9.17) is 5.11 Å². The Morgan fingerprint density at radius 3 is 1.88 bits per heavy atom. The minimum Gasteiger partial charge on any atom is -0.479 e. The monoisotopic (exact) mass is 246 g/mol. The molecule has 1 atom stereocenters. The van der Waals surface area contributed by atoms with Crippen LogP contribution >= 0.6 is 0 Å². The predicted molar refractivity (Wildman–Crippen MR) is 67.9 cm³/mol. The number of carboxylic acids is 1. The summed E-state index contributed by atoms with van der Waals surface area (Å²) in [5, 5.41) is 18.7. The zero-order valence-electron chi connectivity index (χ0n) is 11.8. The first-order valence-corrected chi connectivity index (χ1v) is 6.27. The molecular weight excluding hydrogens is 220 g/mol. The van der Waals surface area contributed by atoms with Gasteiger partial charge in [-0.25, -0.2) is 4.79 Å². The Morgan fingerprint density at radius 2 is 1.59 bits per heavy atom. The fourth-order valence-corrected chi connectivity index (χ4v) is 1.64. The van der Waals surface area contributed by atoms with Gasteiger partial charge in [0.1, 0.15) is 5.78 Å². The van der Waals surface area contributed by atoms with Crippen LogP contribution < -0.4 is 0 Å². The summed E-state index contributed by atoms with van der Waals surface area (Å²) in [6.45, 7) is 11.3. The van der Waals surface area contributed by atoms with E-state index in [1.165, 1.54) is 0 Å². The summed E-state index contributed by atoms with van der Waals surface area (Å²) in [5.74, 6) is -1.48. The Balaban J connectivity index is 0. The third-order valence-electron chi connectivity index (χ3n) is 2.96. The molecule has 0 saturated heterocycles. The lowest BCUT2D eigenvalue weighted by Gasteiger charge is -2.42. The molecule has 2 N–H and O–H groups in total. The molecule has 1 aliphatic rings. The van der Waals surface area contributed by atoms with Crippen LogP contribution in [-0.4, -0.2) is 27.6 Å². The van der Waals surface area contributed by atoms with Crippen LogP contribution in [0.3, 0.4) is 0 Å². The van der Waals surface area contributed by atoms with Gasteiger partial charge in [0.25, 0.3) is 0 Å². The number of hydrogen-bond acceptors (Lipinski definition) is 3. The Kier molecular flexibility index (Phi) is 8.07. The molecule has 1 saturated carbocycles. The summed E-state index contributed by atoms with van der Waals surface area (Å²) in [4.78, 5) is 21.9. The Hall–Kier alpha value is -0.900. The first-order chi connectivity index (χ1) is 7.79.